The van der Waals surface area contributed by atoms with Crippen molar-refractivity contribution in [3.05, 3.63) is 47.0 Å². The van der Waals surface area contributed by atoms with Crippen LogP contribution in [-0.2, 0) is 10.0 Å². The van der Waals surface area contributed by atoms with Gasteiger partial charge in [0.15, 0.2) is 0 Å². The normalized spacial score (nSPS) is 16.6. The third kappa shape index (κ3) is 3.49. The fraction of sp³-hybridized carbons (Fsp3) is 0.412. The van der Waals surface area contributed by atoms with Crippen molar-refractivity contribution in [1.82, 2.24) is 19.8 Å². The molecule has 1 aliphatic heterocycles. The quantitative estimate of drug-likeness (QED) is 0.845. The summed E-state index contributed by atoms with van der Waals surface area (Å²) in [5.41, 5.74) is 0.946. The maximum Gasteiger partial charge on any atom is 0.254 e. The predicted molar refractivity (Wildman–Crippen MR) is 93.7 cm³/mol. The Balaban J connectivity index is 1.64. The highest BCUT2D eigenvalue weighted by Gasteiger charge is 2.33. The van der Waals surface area contributed by atoms with Crippen LogP contribution in [-0.4, -0.2) is 48.0 Å². The van der Waals surface area contributed by atoms with Gasteiger partial charge in [-0.3, -0.25) is 9.89 Å². The molecule has 9 heteroatoms. The van der Waals surface area contributed by atoms with Gasteiger partial charge in [-0.05, 0) is 38.8 Å². The van der Waals surface area contributed by atoms with Crippen LogP contribution in [0.15, 0.2) is 29.2 Å². The Labute approximate surface area is 151 Å². The second kappa shape index (κ2) is 7.16. The van der Waals surface area contributed by atoms with Crippen molar-refractivity contribution in [1.29, 1.82) is 0 Å². The van der Waals surface area contributed by atoms with E-state index in [2.05, 4.69) is 15.5 Å². The molecule has 0 atom stereocenters. The summed E-state index contributed by atoms with van der Waals surface area (Å²) >= 11 is 0. The molecular formula is C17H21FN4O3S. The minimum atomic E-state index is -3.62. The number of halogens is 1. The summed E-state index contributed by atoms with van der Waals surface area (Å²) in [4.78, 5) is 12.4. The molecular weight excluding hydrogens is 359 g/mol. The van der Waals surface area contributed by atoms with Crippen molar-refractivity contribution in [2.75, 3.05) is 13.1 Å². The Kier molecular flexibility index (Phi) is 5.10. The molecule has 26 heavy (non-hydrogen) atoms. The first-order valence-electron chi connectivity index (χ1n) is 8.38. The maximum atomic E-state index is 13.7. The molecule has 2 heterocycles. The van der Waals surface area contributed by atoms with E-state index < -0.39 is 21.7 Å². The van der Waals surface area contributed by atoms with Gasteiger partial charge < -0.3 is 5.32 Å². The van der Waals surface area contributed by atoms with Gasteiger partial charge in [0.05, 0.1) is 17.0 Å². The number of benzene rings is 1. The number of aromatic nitrogens is 2. The standard InChI is InChI=1S/C17H21FN4O3S/c1-11-16(12(2)21-20-11)26(24,25)22-9-7-13(8-10-22)19-17(23)14-5-3-4-6-15(14)18/h3-6,13H,7-10H2,1-2H3,(H,19,23)(H,20,21). The van der Waals surface area contributed by atoms with E-state index in [1.165, 1.54) is 22.5 Å². The average Bonchev–Trinajstić information content (AvgIpc) is 2.95. The van der Waals surface area contributed by atoms with Gasteiger partial charge in [-0.25, -0.2) is 12.8 Å². The summed E-state index contributed by atoms with van der Waals surface area (Å²) in [6, 6.07) is 5.59. The molecule has 1 aromatic heterocycles. The van der Waals surface area contributed by atoms with E-state index in [0.717, 1.165) is 0 Å². The molecule has 140 valence electrons. The summed E-state index contributed by atoms with van der Waals surface area (Å²) in [6.07, 6.45) is 0.935. The van der Waals surface area contributed by atoms with Gasteiger partial charge in [-0.1, -0.05) is 12.1 Å². The Morgan fingerprint density at radius 2 is 1.92 bits per heavy atom. The molecule has 2 aromatic rings. The van der Waals surface area contributed by atoms with Crippen LogP contribution >= 0.6 is 0 Å². The van der Waals surface area contributed by atoms with Gasteiger partial charge in [-0.15, -0.1) is 0 Å². The first-order valence-corrected chi connectivity index (χ1v) is 9.82. The highest BCUT2D eigenvalue weighted by Crippen LogP contribution is 2.24. The number of carbonyl (C=O) groups is 1. The Morgan fingerprint density at radius 3 is 2.50 bits per heavy atom. The van der Waals surface area contributed by atoms with Gasteiger partial charge in [0.2, 0.25) is 10.0 Å². The highest BCUT2D eigenvalue weighted by molar-refractivity contribution is 7.89. The zero-order chi connectivity index (χ0) is 18.9. The smallest absolute Gasteiger partial charge is 0.254 e. The molecule has 1 saturated heterocycles. The van der Waals surface area contributed by atoms with Crippen molar-refractivity contribution in [3.8, 4) is 0 Å². The molecule has 1 amide bonds. The van der Waals surface area contributed by atoms with Gasteiger partial charge >= 0.3 is 0 Å². The fourth-order valence-electron chi connectivity index (χ4n) is 3.20. The van der Waals surface area contributed by atoms with Gasteiger partial charge in [0, 0.05) is 19.1 Å². The van der Waals surface area contributed by atoms with Crippen molar-refractivity contribution < 1.29 is 17.6 Å². The lowest BCUT2D eigenvalue weighted by molar-refractivity contribution is 0.0920. The van der Waals surface area contributed by atoms with E-state index in [-0.39, 0.29) is 29.6 Å². The van der Waals surface area contributed by atoms with Crippen LogP contribution in [0.25, 0.3) is 0 Å². The SMILES string of the molecule is Cc1n[nH]c(C)c1S(=O)(=O)N1CCC(NC(=O)c2ccccc2F)CC1. The summed E-state index contributed by atoms with van der Waals surface area (Å²) in [5, 5.41) is 9.43. The second-order valence-electron chi connectivity index (χ2n) is 6.39. The predicted octanol–water partition coefficient (Wildman–Crippen LogP) is 1.75. The van der Waals surface area contributed by atoms with Gasteiger partial charge in [0.25, 0.3) is 5.91 Å². The van der Waals surface area contributed by atoms with Crippen LogP contribution in [0.2, 0.25) is 0 Å². The minimum absolute atomic E-state index is 0.00722. The van der Waals surface area contributed by atoms with Crippen LogP contribution in [0.4, 0.5) is 4.39 Å². The topological polar surface area (TPSA) is 95.2 Å². The number of amides is 1. The van der Waals surface area contributed by atoms with Gasteiger partial charge in [-0.2, -0.15) is 9.40 Å². The highest BCUT2D eigenvalue weighted by atomic mass is 32.2. The number of nitrogens with zero attached hydrogens (tertiary/aromatic N) is 2. The molecule has 0 aliphatic carbocycles. The van der Waals surface area contributed by atoms with Crippen molar-refractivity contribution in [2.45, 2.75) is 37.6 Å². The van der Waals surface area contributed by atoms with Crippen LogP contribution in [0.1, 0.15) is 34.6 Å². The monoisotopic (exact) mass is 380 g/mol. The third-order valence-corrected chi connectivity index (χ3v) is 6.73. The number of aromatic amines is 1. The second-order valence-corrected chi connectivity index (χ2v) is 8.27. The number of rotatable bonds is 4. The number of H-pyrrole nitrogens is 1. The number of nitrogens with one attached hydrogen (secondary N) is 2. The van der Waals surface area contributed by atoms with Crippen LogP contribution < -0.4 is 5.32 Å². The lowest BCUT2D eigenvalue weighted by Crippen LogP contribution is -2.46. The number of carbonyl (C=O) groups excluding carboxylic acids is 1. The largest absolute Gasteiger partial charge is 0.349 e. The molecule has 0 bridgehead atoms. The van der Waals surface area contributed by atoms with Gasteiger partial charge in [0.1, 0.15) is 10.7 Å². The molecule has 1 aliphatic rings. The van der Waals surface area contributed by atoms with E-state index in [1.54, 1.807) is 19.9 Å². The molecule has 2 N–H and O–H groups in total. The zero-order valence-corrected chi connectivity index (χ0v) is 15.4. The maximum absolute atomic E-state index is 13.7. The lowest BCUT2D eigenvalue weighted by atomic mass is 10.1. The number of aryl methyl sites for hydroxylation is 2. The number of sulfonamides is 1. The Bertz CT molecular complexity index is 898. The number of hydrogen-bond donors (Lipinski definition) is 2. The van der Waals surface area contributed by atoms with Crippen LogP contribution in [0.3, 0.4) is 0 Å². The van der Waals surface area contributed by atoms with Crippen molar-refractivity contribution in [2.24, 2.45) is 0 Å². The first-order chi connectivity index (χ1) is 12.3. The van der Waals surface area contributed by atoms with Crippen LogP contribution in [0.5, 0.6) is 0 Å². The summed E-state index contributed by atoms with van der Waals surface area (Å²) in [6.45, 7) is 3.90. The average molecular weight is 380 g/mol. The number of piperidine rings is 1. The Morgan fingerprint density at radius 1 is 1.27 bits per heavy atom. The first kappa shape index (κ1) is 18.5. The van der Waals surface area contributed by atoms with E-state index >= 15 is 0 Å². The van der Waals surface area contributed by atoms with Crippen molar-refractivity contribution >= 4 is 15.9 Å². The molecule has 1 aromatic carbocycles. The molecule has 7 nitrogen and oxygen atoms in total. The molecule has 0 radical (unpaired) electrons. The summed E-state index contributed by atoms with van der Waals surface area (Å²) in [7, 11) is -3.62. The molecule has 0 unspecified atom stereocenters. The molecule has 0 saturated carbocycles. The lowest BCUT2D eigenvalue weighted by Gasteiger charge is -2.31. The summed E-state index contributed by atoms with van der Waals surface area (Å²) in [5.74, 6) is -1.05. The summed E-state index contributed by atoms with van der Waals surface area (Å²) < 4.78 is 40.7. The van der Waals surface area contributed by atoms with E-state index in [9.17, 15) is 17.6 Å². The number of hydrogen-bond acceptors (Lipinski definition) is 4. The molecule has 0 spiro atoms. The van der Waals surface area contributed by atoms with Crippen molar-refractivity contribution in [3.63, 3.8) is 0 Å². The third-order valence-electron chi connectivity index (χ3n) is 4.57. The van der Waals surface area contributed by atoms with Crippen LogP contribution in [0, 0.1) is 19.7 Å². The fourth-order valence-corrected chi connectivity index (χ4v) is 5.00. The van der Waals surface area contributed by atoms with E-state index in [1.807, 2.05) is 0 Å². The molecule has 3 rings (SSSR count). The Hall–Kier alpha value is -2.26. The molecule has 1 fully saturated rings. The minimum Gasteiger partial charge on any atom is -0.349 e. The van der Waals surface area contributed by atoms with E-state index in [4.69, 9.17) is 0 Å². The van der Waals surface area contributed by atoms with E-state index in [0.29, 0.717) is 24.2 Å². The zero-order valence-electron chi connectivity index (χ0n) is 14.6.